The van der Waals surface area contributed by atoms with Gasteiger partial charge in [0.25, 0.3) is 0 Å². The first-order chi connectivity index (χ1) is 9.56. The maximum absolute atomic E-state index is 11.6. The number of para-hydroxylation sites is 1. The van der Waals surface area contributed by atoms with Crippen LogP contribution in [0.3, 0.4) is 0 Å². The van der Waals surface area contributed by atoms with E-state index in [4.69, 9.17) is 0 Å². The van der Waals surface area contributed by atoms with Crippen molar-refractivity contribution in [1.82, 2.24) is 10.3 Å². The summed E-state index contributed by atoms with van der Waals surface area (Å²) in [5.41, 5.74) is 1.01. The molecule has 1 heterocycles. The molecule has 1 unspecified atom stereocenters. The molecule has 1 aromatic heterocycles. The molecule has 0 aliphatic rings. The molecule has 5 heteroatoms. The second kappa shape index (κ2) is 6.81. The number of rotatable bonds is 6. The van der Waals surface area contributed by atoms with Crippen LogP contribution in [-0.2, 0) is 11.2 Å². The Hall–Kier alpha value is -1.46. The summed E-state index contributed by atoms with van der Waals surface area (Å²) >= 11 is 1.66. The molecule has 1 atom stereocenters. The van der Waals surface area contributed by atoms with E-state index in [0.29, 0.717) is 6.54 Å². The molecule has 0 saturated heterocycles. The number of fused-ring (bicyclic) bond motifs is 1. The number of nitrogens with one attached hydrogen (secondary N) is 1. The Labute approximate surface area is 122 Å². The SMILES string of the molecule is CC(C)C(O)CC(=O)NCCc1nc2ccccc2s1. The lowest BCUT2D eigenvalue weighted by Crippen LogP contribution is -2.30. The first kappa shape index (κ1) is 14.9. The average Bonchev–Trinajstić information content (AvgIpc) is 2.81. The van der Waals surface area contributed by atoms with Crippen molar-refractivity contribution in [2.24, 2.45) is 5.92 Å². The zero-order valence-corrected chi connectivity index (χ0v) is 12.6. The Kier molecular flexibility index (Phi) is 5.09. The van der Waals surface area contributed by atoms with E-state index in [0.717, 1.165) is 16.9 Å². The fraction of sp³-hybridized carbons (Fsp3) is 0.467. The standard InChI is InChI=1S/C15H20N2O2S/c1-10(2)12(18)9-14(19)16-8-7-15-17-11-5-3-4-6-13(11)20-15/h3-6,10,12,18H,7-9H2,1-2H3,(H,16,19). The molecular formula is C15H20N2O2S. The highest BCUT2D eigenvalue weighted by Gasteiger charge is 2.14. The van der Waals surface area contributed by atoms with Gasteiger partial charge < -0.3 is 10.4 Å². The summed E-state index contributed by atoms with van der Waals surface area (Å²) < 4.78 is 1.17. The van der Waals surface area contributed by atoms with Gasteiger partial charge >= 0.3 is 0 Å². The number of benzene rings is 1. The Balaban J connectivity index is 1.79. The Morgan fingerprint density at radius 2 is 2.15 bits per heavy atom. The van der Waals surface area contributed by atoms with Gasteiger partial charge in [-0.15, -0.1) is 11.3 Å². The zero-order valence-electron chi connectivity index (χ0n) is 11.8. The largest absolute Gasteiger partial charge is 0.392 e. The number of carbonyl (C=O) groups is 1. The third kappa shape index (κ3) is 4.02. The lowest BCUT2D eigenvalue weighted by molar-refractivity contribution is -0.123. The molecule has 0 saturated carbocycles. The van der Waals surface area contributed by atoms with Gasteiger partial charge in [0.1, 0.15) is 0 Å². The van der Waals surface area contributed by atoms with Crippen LogP contribution in [0.5, 0.6) is 0 Å². The molecule has 2 rings (SSSR count). The number of carbonyl (C=O) groups excluding carboxylic acids is 1. The molecule has 0 bridgehead atoms. The summed E-state index contributed by atoms with van der Waals surface area (Å²) in [5.74, 6) is -0.00248. The first-order valence-electron chi connectivity index (χ1n) is 6.85. The van der Waals surface area contributed by atoms with Crippen molar-refractivity contribution in [2.45, 2.75) is 32.8 Å². The second-order valence-corrected chi connectivity index (χ2v) is 6.31. The minimum absolute atomic E-state index is 0.102. The lowest BCUT2D eigenvalue weighted by atomic mass is 10.0. The van der Waals surface area contributed by atoms with Gasteiger partial charge in [-0.3, -0.25) is 4.79 Å². The molecule has 20 heavy (non-hydrogen) atoms. The van der Waals surface area contributed by atoms with E-state index in [2.05, 4.69) is 10.3 Å². The minimum Gasteiger partial charge on any atom is -0.392 e. The van der Waals surface area contributed by atoms with Crippen LogP contribution in [0, 0.1) is 5.92 Å². The highest BCUT2D eigenvalue weighted by molar-refractivity contribution is 7.18. The number of nitrogens with zero attached hydrogens (tertiary/aromatic N) is 1. The molecule has 0 fully saturated rings. The number of hydrogen-bond acceptors (Lipinski definition) is 4. The van der Waals surface area contributed by atoms with Crippen LogP contribution in [0.1, 0.15) is 25.3 Å². The summed E-state index contributed by atoms with van der Waals surface area (Å²) in [4.78, 5) is 16.1. The van der Waals surface area contributed by atoms with Crippen molar-refractivity contribution in [3.63, 3.8) is 0 Å². The number of aliphatic hydroxyl groups is 1. The van der Waals surface area contributed by atoms with Gasteiger partial charge in [0.15, 0.2) is 0 Å². The van der Waals surface area contributed by atoms with Gasteiger partial charge in [-0.25, -0.2) is 4.98 Å². The van der Waals surface area contributed by atoms with Crippen LogP contribution >= 0.6 is 11.3 Å². The third-order valence-electron chi connectivity index (χ3n) is 3.16. The van der Waals surface area contributed by atoms with E-state index in [1.807, 2.05) is 38.1 Å². The minimum atomic E-state index is -0.572. The van der Waals surface area contributed by atoms with Gasteiger partial charge in [-0.2, -0.15) is 0 Å². The molecule has 0 aliphatic heterocycles. The first-order valence-corrected chi connectivity index (χ1v) is 7.67. The van der Waals surface area contributed by atoms with Crippen LogP contribution in [0.15, 0.2) is 24.3 Å². The van der Waals surface area contributed by atoms with E-state index >= 15 is 0 Å². The zero-order chi connectivity index (χ0) is 14.5. The van der Waals surface area contributed by atoms with Crippen molar-refractivity contribution in [3.8, 4) is 0 Å². The van der Waals surface area contributed by atoms with E-state index < -0.39 is 6.10 Å². The van der Waals surface area contributed by atoms with Crippen molar-refractivity contribution in [1.29, 1.82) is 0 Å². The van der Waals surface area contributed by atoms with E-state index in [1.54, 1.807) is 11.3 Å². The molecule has 0 spiro atoms. The maximum atomic E-state index is 11.6. The lowest BCUT2D eigenvalue weighted by Gasteiger charge is -2.13. The number of aliphatic hydroxyl groups excluding tert-OH is 1. The molecule has 0 aliphatic carbocycles. The fourth-order valence-electron chi connectivity index (χ4n) is 1.83. The molecule has 2 N–H and O–H groups in total. The van der Waals surface area contributed by atoms with Crippen LogP contribution in [0.4, 0.5) is 0 Å². The van der Waals surface area contributed by atoms with Gasteiger partial charge in [-0.05, 0) is 18.1 Å². The summed E-state index contributed by atoms with van der Waals surface area (Å²) in [7, 11) is 0. The molecule has 1 amide bonds. The highest BCUT2D eigenvalue weighted by atomic mass is 32.1. The van der Waals surface area contributed by atoms with Crippen LogP contribution in [0.2, 0.25) is 0 Å². The van der Waals surface area contributed by atoms with Gasteiger partial charge in [0, 0.05) is 13.0 Å². The normalized spacial score (nSPS) is 12.8. The molecule has 4 nitrogen and oxygen atoms in total. The number of hydrogen-bond donors (Lipinski definition) is 2. The summed E-state index contributed by atoms with van der Waals surface area (Å²) in [6.45, 7) is 4.36. The number of amides is 1. The quantitative estimate of drug-likeness (QED) is 0.859. The Morgan fingerprint density at radius 1 is 1.40 bits per heavy atom. The van der Waals surface area contributed by atoms with Gasteiger partial charge in [0.05, 0.1) is 27.7 Å². The van der Waals surface area contributed by atoms with Crippen LogP contribution in [-0.4, -0.2) is 28.6 Å². The predicted octanol–water partition coefficient (Wildman–Crippen LogP) is 2.36. The van der Waals surface area contributed by atoms with Gasteiger partial charge in [0.2, 0.25) is 5.91 Å². The molecule has 0 radical (unpaired) electrons. The molecule has 108 valence electrons. The number of aromatic nitrogens is 1. The highest BCUT2D eigenvalue weighted by Crippen LogP contribution is 2.21. The second-order valence-electron chi connectivity index (χ2n) is 5.19. The van der Waals surface area contributed by atoms with Gasteiger partial charge in [-0.1, -0.05) is 26.0 Å². The van der Waals surface area contributed by atoms with Crippen molar-refractivity contribution >= 4 is 27.5 Å². The van der Waals surface area contributed by atoms with E-state index in [-0.39, 0.29) is 18.2 Å². The molecular weight excluding hydrogens is 272 g/mol. The number of thiazole rings is 1. The Bertz CT molecular complexity index is 547. The Morgan fingerprint density at radius 3 is 2.85 bits per heavy atom. The third-order valence-corrected chi connectivity index (χ3v) is 4.26. The fourth-order valence-corrected chi connectivity index (χ4v) is 2.80. The van der Waals surface area contributed by atoms with E-state index in [9.17, 15) is 9.90 Å². The maximum Gasteiger partial charge on any atom is 0.222 e. The molecule has 1 aromatic carbocycles. The summed E-state index contributed by atoms with van der Waals surface area (Å²) in [5, 5.41) is 13.5. The average molecular weight is 292 g/mol. The summed E-state index contributed by atoms with van der Waals surface area (Å²) in [6, 6.07) is 8.02. The summed E-state index contributed by atoms with van der Waals surface area (Å²) in [6.07, 6.45) is 0.317. The monoisotopic (exact) mass is 292 g/mol. The molecule has 2 aromatic rings. The van der Waals surface area contributed by atoms with E-state index in [1.165, 1.54) is 4.70 Å². The van der Waals surface area contributed by atoms with Crippen LogP contribution < -0.4 is 5.32 Å². The topological polar surface area (TPSA) is 62.2 Å². The predicted molar refractivity (Wildman–Crippen MR) is 81.8 cm³/mol. The smallest absolute Gasteiger partial charge is 0.222 e. The van der Waals surface area contributed by atoms with Crippen LogP contribution in [0.25, 0.3) is 10.2 Å². The van der Waals surface area contributed by atoms with Crippen molar-refractivity contribution in [3.05, 3.63) is 29.3 Å². The van der Waals surface area contributed by atoms with Crippen molar-refractivity contribution in [2.75, 3.05) is 6.54 Å². The van der Waals surface area contributed by atoms with Crippen molar-refractivity contribution < 1.29 is 9.90 Å².